The summed E-state index contributed by atoms with van der Waals surface area (Å²) in [7, 11) is 0. The van der Waals surface area contributed by atoms with Gasteiger partial charge in [-0.3, -0.25) is 0 Å². The van der Waals surface area contributed by atoms with Crippen molar-refractivity contribution in [1.29, 1.82) is 0 Å². The molecule has 1 heterocycles. The van der Waals surface area contributed by atoms with E-state index in [0.29, 0.717) is 0 Å². The Bertz CT molecular complexity index is 482. The van der Waals surface area contributed by atoms with Gasteiger partial charge in [0.2, 0.25) is 0 Å². The predicted molar refractivity (Wildman–Crippen MR) is 132 cm³/mol. The molecular formula is C26H43IO2. The van der Waals surface area contributed by atoms with Gasteiger partial charge in [0.15, 0.2) is 6.29 Å². The van der Waals surface area contributed by atoms with Crippen molar-refractivity contribution < 1.29 is 9.47 Å². The molecule has 166 valence electrons. The lowest BCUT2D eigenvalue weighted by molar-refractivity contribution is -0.162. The quantitative estimate of drug-likeness (QED) is 0.153. The molecule has 1 aliphatic rings. The fourth-order valence-electron chi connectivity index (χ4n) is 4.08. The first kappa shape index (κ1) is 25.1. The number of ether oxygens (including phenoxy) is 2. The summed E-state index contributed by atoms with van der Waals surface area (Å²) in [5, 5.41) is 0. The Morgan fingerprint density at radius 2 is 1.28 bits per heavy atom. The van der Waals surface area contributed by atoms with Gasteiger partial charge in [0.25, 0.3) is 0 Å². The van der Waals surface area contributed by atoms with Crippen LogP contribution in [-0.4, -0.2) is 19.5 Å². The second-order valence-electron chi connectivity index (χ2n) is 8.64. The number of unbranched alkanes of at least 4 members (excludes halogenated alkanes) is 12. The average molecular weight is 515 g/mol. The molecular weight excluding hydrogens is 471 g/mol. The highest BCUT2D eigenvalue weighted by atomic mass is 127. The molecule has 1 fully saturated rings. The molecule has 2 nitrogen and oxygen atoms in total. The Morgan fingerprint density at radius 3 is 1.83 bits per heavy atom. The third kappa shape index (κ3) is 13.7. The standard InChI is InChI=1S/C26H43IO2/c27-25-20-18-24(19-21-25)16-12-10-8-6-4-2-1-3-5-7-9-11-14-22-28-26-17-13-15-23-29-26/h18-21,26H,1-17,22-23H2. The van der Waals surface area contributed by atoms with Gasteiger partial charge in [-0.25, -0.2) is 0 Å². The highest BCUT2D eigenvalue weighted by molar-refractivity contribution is 14.1. The maximum absolute atomic E-state index is 5.79. The van der Waals surface area contributed by atoms with Gasteiger partial charge in [0, 0.05) is 16.8 Å². The minimum Gasteiger partial charge on any atom is -0.353 e. The number of hydrogen-bond acceptors (Lipinski definition) is 2. The molecule has 0 radical (unpaired) electrons. The zero-order valence-electron chi connectivity index (χ0n) is 18.5. The Morgan fingerprint density at radius 1 is 0.724 bits per heavy atom. The number of aryl methyl sites for hydroxylation is 1. The van der Waals surface area contributed by atoms with E-state index < -0.39 is 0 Å². The van der Waals surface area contributed by atoms with Crippen LogP contribution in [0.4, 0.5) is 0 Å². The minimum absolute atomic E-state index is 0.0941. The van der Waals surface area contributed by atoms with E-state index in [-0.39, 0.29) is 6.29 Å². The summed E-state index contributed by atoms with van der Waals surface area (Å²) in [6.45, 7) is 1.77. The monoisotopic (exact) mass is 514 g/mol. The second-order valence-corrected chi connectivity index (χ2v) is 9.89. The van der Waals surface area contributed by atoms with E-state index >= 15 is 0 Å². The summed E-state index contributed by atoms with van der Waals surface area (Å²) in [6.07, 6.45) is 22.9. The normalized spacial score (nSPS) is 16.9. The molecule has 29 heavy (non-hydrogen) atoms. The minimum atomic E-state index is 0.0941. The maximum Gasteiger partial charge on any atom is 0.157 e. The molecule has 1 unspecified atom stereocenters. The first-order valence-electron chi connectivity index (χ1n) is 12.3. The Hall–Kier alpha value is -0.130. The van der Waals surface area contributed by atoms with Gasteiger partial charge < -0.3 is 9.47 Å². The van der Waals surface area contributed by atoms with Crippen molar-refractivity contribution in [3.05, 3.63) is 33.4 Å². The SMILES string of the molecule is Ic1ccc(CCCCCCCCCCCCCCCOC2CCCCO2)cc1. The smallest absolute Gasteiger partial charge is 0.157 e. The topological polar surface area (TPSA) is 18.5 Å². The van der Waals surface area contributed by atoms with Crippen LogP contribution in [0.1, 0.15) is 108 Å². The van der Waals surface area contributed by atoms with Gasteiger partial charge in [0.05, 0.1) is 0 Å². The van der Waals surface area contributed by atoms with Crippen molar-refractivity contribution >= 4 is 22.6 Å². The van der Waals surface area contributed by atoms with Gasteiger partial charge in [-0.05, 0) is 78.8 Å². The summed E-state index contributed by atoms with van der Waals surface area (Å²) in [5.41, 5.74) is 1.50. The zero-order chi connectivity index (χ0) is 20.4. The van der Waals surface area contributed by atoms with Crippen LogP contribution in [0.5, 0.6) is 0 Å². The molecule has 2 rings (SSSR count). The molecule has 0 aliphatic carbocycles. The van der Waals surface area contributed by atoms with Gasteiger partial charge in [0.1, 0.15) is 0 Å². The summed E-state index contributed by atoms with van der Waals surface area (Å²) in [6, 6.07) is 9.00. The molecule has 0 spiro atoms. The van der Waals surface area contributed by atoms with E-state index in [2.05, 4.69) is 46.9 Å². The fraction of sp³-hybridized carbons (Fsp3) is 0.769. The van der Waals surface area contributed by atoms with Crippen molar-refractivity contribution in [1.82, 2.24) is 0 Å². The van der Waals surface area contributed by atoms with Crippen molar-refractivity contribution in [2.24, 2.45) is 0 Å². The molecule has 3 heteroatoms. The third-order valence-electron chi connectivity index (χ3n) is 5.96. The van der Waals surface area contributed by atoms with Crippen molar-refractivity contribution in [3.8, 4) is 0 Å². The lowest BCUT2D eigenvalue weighted by Gasteiger charge is -2.22. The highest BCUT2D eigenvalue weighted by Gasteiger charge is 2.13. The summed E-state index contributed by atoms with van der Waals surface area (Å²) in [5.74, 6) is 0. The Kier molecular flexibility index (Phi) is 15.2. The van der Waals surface area contributed by atoms with E-state index in [1.807, 2.05) is 0 Å². The first-order chi connectivity index (χ1) is 14.3. The molecule has 0 N–H and O–H groups in total. The number of halogens is 1. The Labute approximate surface area is 193 Å². The molecule has 0 amide bonds. The lowest BCUT2D eigenvalue weighted by atomic mass is 10.0. The Balaban J connectivity index is 1.24. The van der Waals surface area contributed by atoms with E-state index in [9.17, 15) is 0 Å². The van der Waals surface area contributed by atoms with E-state index in [0.717, 1.165) is 19.6 Å². The van der Waals surface area contributed by atoms with Crippen LogP contribution in [0.15, 0.2) is 24.3 Å². The van der Waals surface area contributed by atoms with Crippen molar-refractivity contribution in [3.63, 3.8) is 0 Å². The number of hydrogen-bond donors (Lipinski definition) is 0. The molecule has 0 bridgehead atoms. The largest absolute Gasteiger partial charge is 0.353 e. The van der Waals surface area contributed by atoms with Crippen LogP contribution in [-0.2, 0) is 15.9 Å². The van der Waals surface area contributed by atoms with Gasteiger partial charge in [-0.2, -0.15) is 0 Å². The predicted octanol–water partition coefficient (Wildman–Crippen LogP) is 8.45. The van der Waals surface area contributed by atoms with Crippen LogP contribution >= 0.6 is 22.6 Å². The van der Waals surface area contributed by atoms with Crippen LogP contribution in [0, 0.1) is 3.57 Å². The van der Waals surface area contributed by atoms with Gasteiger partial charge >= 0.3 is 0 Å². The van der Waals surface area contributed by atoms with Crippen LogP contribution in [0.3, 0.4) is 0 Å². The van der Waals surface area contributed by atoms with E-state index in [1.54, 1.807) is 0 Å². The molecule has 1 atom stereocenters. The number of rotatable bonds is 17. The van der Waals surface area contributed by atoms with Crippen LogP contribution < -0.4 is 0 Å². The second kappa shape index (κ2) is 17.5. The van der Waals surface area contributed by atoms with Gasteiger partial charge in [-0.15, -0.1) is 0 Å². The first-order valence-corrected chi connectivity index (χ1v) is 13.4. The molecule has 1 aromatic carbocycles. The summed E-state index contributed by atoms with van der Waals surface area (Å²) >= 11 is 2.38. The lowest BCUT2D eigenvalue weighted by Crippen LogP contribution is -2.22. The van der Waals surface area contributed by atoms with Crippen LogP contribution in [0.25, 0.3) is 0 Å². The van der Waals surface area contributed by atoms with E-state index in [1.165, 1.54) is 112 Å². The highest BCUT2D eigenvalue weighted by Crippen LogP contribution is 2.16. The molecule has 1 aromatic rings. The molecule has 0 aromatic heterocycles. The van der Waals surface area contributed by atoms with Gasteiger partial charge in [-0.1, -0.05) is 82.8 Å². The fourth-order valence-corrected chi connectivity index (χ4v) is 4.44. The van der Waals surface area contributed by atoms with Crippen LogP contribution in [0.2, 0.25) is 0 Å². The summed E-state index contributed by atoms with van der Waals surface area (Å²) in [4.78, 5) is 0. The molecule has 1 saturated heterocycles. The maximum atomic E-state index is 5.79. The third-order valence-corrected chi connectivity index (χ3v) is 6.68. The average Bonchev–Trinajstić information content (AvgIpc) is 2.75. The summed E-state index contributed by atoms with van der Waals surface area (Å²) < 4.78 is 12.7. The van der Waals surface area contributed by atoms with E-state index in [4.69, 9.17) is 9.47 Å². The molecule has 0 saturated carbocycles. The molecule has 1 aliphatic heterocycles. The van der Waals surface area contributed by atoms with Crippen molar-refractivity contribution in [2.75, 3.05) is 13.2 Å². The zero-order valence-corrected chi connectivity index (χ0v) is 20.7. The van der Waals surface area contributed by atoms with Crippen molar-refractivity contribution in [2.45, 2.75) is 115 Å². The number of benzene rings is 1.